The average molecular weight is 402 g/mol. The Morgan fingerprint density at radius 3 is 2.89 bits per heavy atom. The fourth-order valence-corrected chi connectivity index (χ4v) is 4.11. The van der Waals surface area contributed by atoms with Gasteiger partial charge in [0.1, 0.15) is 0 Å². The molecule has 1 aliphatic heterocycles. The number of rotatable bonds is 6. The molecule has 1 aliphatic rings. The summed E-state index contributed by atoms with van der Waals surface area (Å²) in [5.74, 6) is -0.409. The van der Waals surface area contributed by atoms with Gasteiger partial charge in [0.2, 0.25) is 5.91 Å². The van der Waals surface area contributed by atoms with E-state index in [1.165, 1.54) is 22.5 Å². The molecule has 1 N–H and O–H groups in total. The van der Waals surface area contributed by atoms with Gasteiger partial charge < -0.3 is 10.1 Å². The largest absolute Gasteiger partial charge is 0.466 e. The first kappa shape index (κ1) is 20.5. The molecule has 2 heterocycles. The summed E-state index contributed by atoms with van der Waals surface area (Å²) in [6.45, 7) is 8.01. The Labute approximate surface area is 169 Å². The summed E-state index contributed by atoms with van der Waals surface area (Å²) in [5, 5.41) is 5.44. The van der Waals surface area contributed by atoms with Crippen molar-refractivity contribution in [3.63, 3.8) is 0 Å². The van der Waals surface area contributed by atoms with Crippen LogP contribution in [0.3, 0.4) is 0 Å². The van der Waals surface area contributed by atoms with Crippen molar-refractivity contribution in [3.05, 3.63) is 34.7 Å². The number of hydrogen-bond acceptors (Lipinski definition) is 6. The molecule has 0 bridgehead atoms. The lowest BCUT2D eigenvalue weighted by molar-refractivity contribution is -0.150. The molecule has 1 unspecified atom stereocenters. The van der Waals surface area contributed by atoms with Crippen molar-refractivity contribution in [3.8, 4) is 11.3 Å². The molecule has 28 heavy (non-hydrogen) atoms. The smallest absolute Gasteiger partial charge is 0.310 e. The molecule has 7 heteroatoms. The molecule has 1 saturated heterocycles. The van der Waals surface area contributed by atoms with Gasteiger partial charge in [0.25, 0.3) is 0 Å². The van der Waals surface area contributed by atoms with Crippen molar-refractivity contribution in [1.82, 2.24) is 9.88 Å². The summed E-state index contributed by atoms with van der Waals surface area (Å²) < 4.78 is 5.12. The molecule has 1 aromatic carbocycles. The standard InChI is InChI=1S/C21H27N3O3S/c1-4-27-20(26)17-6-5-9-24(11-17)12-19(25)23-21-22-18(13-28-21)16-8-7-14(2)15(3)10-16/h7-8,10,13,17H,4-6,9,11-12H2,1-3H3,(H,22,23,25). The number of aromatic nitrogens is 1. The number of aryl methyl sites for hydroxylation is 2. The molecule has 0 radical (unpaired) electrons. The Bertz CT molecular complexity index is 849. The van der Waals surface area contributed by atoms with E-state index < -0.39 is 0 Å². The van der Waals surface area contributed by atoms with Crippen LogP contribution >= 0.6 is 11.3 Å². The molecular formula is C21H27N3O3S. The van der Waals surface area contributed by atoms with Gasteiger partial charge in [0.15, 0.2) is 5.13 Å². The summed E-state index contributed by atoms with van der Waals surface area (Å²) in [7, 11) is 0. The van der Waals surface area contributed by atoms with Gasteiger partial charge in [0, 0.05) is 17.5 Å². The number of amides is 1. The summed E-state index contributed by atoms with van der Waals surface area (Å²) >= 11 is 1.42. The average Bonchev–Trinajstić information content (AvgIpc) is 3.12. The van der Waals surface area contributed by atoms with E-state index in [0.717, 1.165) is 30.6 Å². The van der Waals surface area contributed by atoms with Gasteiger partial charge >= 0.3 is 5.97 Å². The number of ether oxygens (including phenoxy) is 1. The Hall–Kier alpha value is -2.25. The summed E-state index contributed by atoms with van der Waals surface area (Å²) in [6, 6.07) is 6.24. The number of nitrogens with one attached hydrogen (secondary N) is 1. The van der Waals surface area contributed by atoms with Crippen LogP contribution in [0.1, 0.15) is 30.9 Å². The molecular weight excluding hydrogens is 374 g/mol. The van der Waals surface area contributed by atoms with Crippen molar-refractivity contribution in [2.24, 2.45) is 5.92 Å². The first-order valence-corrected chi connectivity index (χ1v) is 10.6. The van der Waals surface area contributed by atoms with E-state index in [0.29, 0.717) is 18.3 Å². The second kappa shape index (κ2) is 9.30. The number of nitrogens with zero attached hydrogens (tertiary/aromatic N) is 2. The lowest BCUT2D eigenvalue weighted by atomic mass is 9.98. The first-order valence-electron chi connectivity index (χ1n) is 9.68. The number of hydrogen-bond donors (Lipinski definition) is 1. The van der Waals surface area contributed by atoms with Gasteiger partial charge in [-0.3, -0.25) is 14.5 Å². The van der Waals surface area contributed by atoms with Gasteiger partial charge in [-0.25, -0.2) is 4.98 Å². The molecule has 2 aromatic rings. The maximum atomic E-state index is 12.4. The number of thiazole rings is 1. The molecule has 1 atom stereocenters. The zero-order chi connectivity index (χ0) is 20.1. The minimum atomic E-state index is -0.162. The topological polar surface area (TPSA) is 71.5 Å². The number of carbonyl (C=O) groups is 2. The predicted molar refractivity (Wildman–Crippen MR) is 111 cm³/mol. The molecule has 150 valence electrons. The Kier molecular flexibility index (Phi) is 6.80. The lowest BCUT2D eigenvalue weighted by Gasteiger charge is -2.30. The van der Waals surface area contributed by atoms with Crippen molar-refractivity contribution in [1.29, 1.82) is 0 Å². The van der Waals surface area contributed by atoms with Gasteiger partial charge in [-0.05, 0) is 57.4 Å². The molecule has 0 spiro atoms. The van der Waals surface area contributed by atoms with E-state index in [9.17, 15) is 9.59 Å². The monoisotopic (exact) mass is 401 g/mol. The highest BCUT2D eigenvalue weighted by atomic mass is 32.1. The van der Waals surface area contributed by atoms with Crippen LogP contribution < -0.4 is 5.32 Å². The van der Waals surface area contributed by atoms with Crippen molar-refractivity contribution in [2.45, 2.75) is 33.6 Å². The normalized spacial score (nSPS) is 17.3. The quantitative estimate of drug-likeness (QED) is 0.748. The van der Waals surface area contributed by atoms with Gasteiger partial charge in [0.05, 0.1) is 24.8 Å². The second-order valence-electron chi connectivity index (χ2n) is 7.21. The van der Waals surface area contributed by atoms with Crippen molar-refractivity contribution in [2.75, 3.05) is 31.6 Å². The first-order chi connectivity index (χ1) is 13.5. The minimum absolute atomic E-state index is 0.106. The zero-order valence-corrected chi connectivity index (χ0v) is 17.5. The van der Waals surface area contributed by atoms with Crippen LogP contribution in [0, 0.1) is 19.8 Å². The van der Waals surface area contributed by atoms with Crippen LogP contribution in [-0.2, 0) is 14.3 Å². The van der Waals surface area contributed by atoms with Crippen molar-refractivity contribution < 1.29 is 14.3 Å². The summed E-state index contributed by atoms with van der Waals surface area (Å²) in [5.41, 5.74) is 4.38. The maximum Gasteiger partial charge on any atom is 0.310 e. The fraction of sp³-hybridized carbons (Fsp3) is 0.476. The lowest BCUT2D eigenvalue weighted by Crippen LogP contribution is -2.43. The van der Waals surface area contributed by atoms with Crippen LogP contribution in [0.2, 0.25) is 0 Å². The zero-order valence-electron chi connectivity index (χ0n) is 16.7. The number of benzene rings is 1. The molecule has 3 rings (SSSR count). The van der Waals surface area contributed by atoms with Gasteiger partial charge in [-0.15, -0.1) is 11.3 Å². The Morgan fingerprint density at radius 2 is 2.14 bits per heavy atom. The third kappa shape index (κ3) is 5.17. The van der Waals surface area contributed by atoms with Gasteiger partial charge in [-0.1, -0.05) is 12.1 Å². The SMILES string of the molecule is CCOC(=O)C1CCCN(CC(=O)Nc2nc(-c3ccc(C)c(C)c3)cs2)C1. The number of anilines is 1. The highest BCUT2D eigenvalue weighted by Gasteiger charge is 2.27. The van der Waals surface area contributed by atoms with E-state index in [4.69, 9.17) is 4.74 Å². The summed E-state index contributed by atoms with van der Waals surface area (Å²) in [4.78, 5) is 30.9. The van der Waals surface area contributed by atoms with Crippen LogP contribution in [0.4, 0.5) is 5.13 Å². The van der Waals surface area contributed by atoms with E-state index in [1.807, 2.05) is 23.3 Å². The number of carbonyl (C=O) groups excluding carboxylic acids is 2. The van der Waals surface area contributed by atoms with E-state index in [-0.39, 0.29) is 24.3 Å². The third-order valence-corrected chi connectivity index (χ3v) is 5.80. The molecule has 1 aromatic heterocycles. The van der Waals surface area contributed by atoms with Crippen LogP contribution in [0.15, 0.2) is 23.6 Å². The molecule has 0 aliphatic carbocycles. The molecule has 6 nitrogen and oxygen atoms in total. The molecule has 1 fully saturated rings. The van der Waals surface area contributed by atoms with Crippen LogP contribution in [0.5, 0.6) is 0 Å². The Morgan fingerprint density at radius 1 is 1.32 bits per heavy atom. The predicted octanol–water partition coefficient (Wildman–Crippen LogP) is 3.64. The van der Waals surface area contributed by atoms with Crippen LogP contribution in [0.25, 0.3) is 11.3 Å². The molecule has 0 saturated carbocycles. The third-order valence-electron chi connectivity index (χ3n) is 5.05. The molecule has 1 amide bonds. The fourth-order valence-electron chi connectivity index (χ4n) is 3.38. The van der Waals surface area contributed by atoms with Crippen LogP contribution in [-0.4, -0.2) is 48.0 Å². The van der Waals surface area contributed by atoms with E-state index in [1.54, 1.807) is 0 Å². The number of esters is 1. The number of piperidine rings is 1. The van der Waals surface area contributed by atoms with Gasteiger partial charge in [-0.2, -0.15) is 0 Å². The van der Waals surface area contributed by atoms with Crippen molar-refractivity contribution >= 4 is 28.3 Å². The summed E-state index contributed by atoms with van der Waals surface area (Å²) in [6.07, 6.45) is 1.72. The van der Waals surface area contributed by atoms with E-state index in [2.05, 4.69) is 36.3 Å². The highest BCUT2D eigenvalue weighted by Crippen LogP contribution is 2.26. The minimum Gasteiger partial charge on any atom is -0.466 e. The Balaban J connectivity index is 1.56. The highest BCUT2D eigenvalue weighted by molar-refractivity contribution is 7.14. The number of likely N-dealkylation sites (tertiary alicyclic amines) is 1. The second-order valence-corrected chi connectivity index (χ2v) is 8.07. The van der Waals surface area contributed by atoms with E-state index >= 15 is 0 Å². The maximum absolute atomic E-state index is 12.4.